The van der Waals surface area contributed by atoms with E-state index in [2.05, 4.69) is 4.74 Å². The predicted octanol–water partition coefficient (Wildman–Crippen LogP) is 3.33. The number of aliphatic hydroxyl groups is 1. The van der Waals surface area contributed by atoms with Gasteiger partial charge < -0.3 is 15.6 Å². The number of rotatable bonds is 7. The average molecular weight is 325 g/mol. The van der Waals surface area contributed by atoms with E-state index in [1.807, 2.05) is 54.6 Å². The van der Waals surface area contributed by atoms with Crippen LogP contribution in [0.2, 0.25) is 0 Å². The maximum absolute atomic E-state index is 11.4. The number of methoxy groups -OCH3 is 1. The van der Waals surface area contributed by atoms with Gasteiger partial charge in [-0.2, -0.15) is 0 Å². The maximum Gasteiger partial charge on any atom is 0.337 e. The molecule has 0 amide bonds. The highest BCUT2D eigenvalue weighted by Crippen LogP contribution is 2.18. The molecule has 0 heterocycles. The Balaban J connectivity index is 1.82. The fraction of sp³-hybridized carbons (Fsp3) is 0.250. The highest BCUT2D eigenvalue weighted by molar-refractivity contribution is 5.89. The van der Waals surface area contributed by atoms with Gasteiger partial charge in [0.25, 0.3) is 0 Å². The summed E-state index contributed by atoms with van der Waals surface area (Å²) in [7, 11) is 1.36. The molecule has 0 fully saturated rings. The highest BCUT2D eigenvalue weighted by atomic mass is 16.5. The van der Waals surface area contributed by atoms with Gasteiger partial charge >= 0.3 is 5.97 Å². The summed E-state index contributed by atoms with van der Waals surface area (Å²) in [5.41, 5.74) is 8.43. The van der Waals surface area contributed by atoms with E-state index in [0.717, 1.165) is 17.5 Å². The fourth-order valence-corrected chi connectivity index (χ4v) is 2.41. The molecular weight excluding hydrogens is 302 g/mol. The van der Waals surface area contributed by atoms with Gasteiger partial charge in [0.1, 0.15) is 0 Å². The van der Waals surface area contributed by atoms with Crippen LogP contribution in [-0.4, -0.2) is 24.2 Å². The number of ether oxygens (including phenoxy) is 1. The van der Waals surface area contributed by atoms with Gasteiger partial charge in [-0.1, -0.05) is 54.6 Å². The minimum absolute atomic E-state index is 0.307. The van der Waals surface area contributed by atoms with E-state index in [4.69, 9.17) is 5.73 Å². The maximum atomic E-state index is 11.4. The molecule has 1 unspecified atom stereocenters. The highest BCUT2D eigenvalue weighted by Gasteiger charge is 2.15. The zero-order valence-corrected chi connectivity index (χ0v) is 13.8. The first kappa shape index (κ1) is 17.9. The van der Waals surface area contributed by atoms with Crippen molar-refractivity contribution in [2.24, 2.45) is 5.73 Å². The first-order chi connectivity index (χ1) is 11.6. The number of aliphatic hydroxyl groups excluding tert-OH is 1. The van der Waals surface area contributed by atoms with Gasteiger partial charge in [0, 0.05) is 6.04 Å². The van der Waals surface area contributed by atoms with Gasteiger partial charge in [0.2, 0.25) is 0 Å². The van der Waals surface area contributed by atoms with Crippen LogP contribution >= 0.6 is 0 Å². The van der Waals surface area contributed by atoms with Crippen molar-refractivity contribution in [2.75, 3.05) is 7.11 Å². The quantitative estimate of drug-likeness (QED) is 0.766. The van der Waals surface area contributed by atoms with Crippen LogP contribution in [-0.2, 0) is 4.74 Å². The summed E-state index contributed by atoms with van der Waals surface area (Å²) in [6.45, 7) is 0. The lowest BCUT2D eigenvalue weighted by Gasteiger charge is -2.18. The summed E-state index contributed by atoms with van der Waals surface area (Å²) in [4.78, 5) is 11.4. The second-order valence-corrected chi connectivity index (χ2v) is 5.61. The van der Waals surface area contributed by atoms with Crippen molar-refractivity contribution in [1.82, 2.24) is 0 Å². The number of esters is 1. The minimum Gasteiger partial charge on any atom is -0.465 e. The zero-order chi connectivity index (χ0) is 17.4. The molecule has 0 aliphatic carbocycles. The number of carbonyl (C=O) groups excluding carboxylic acids is 1. The Morgan fingerprint density at radius 3 is 2.46 bits per heavy atom. The second-order valence-electron chi connectivity index (χ2n) is 5.61. The summed E-state index contributed by atoms with van der Waals surface area (Å²) in [5.74, 6) is -0.341. The molecule has 3 N–H and O–H groups in total. The molecule has 0 aromatic heterocycles. The lowest BCUT2D eigenvalue weighted by Crippen LogP contribution is -2.28. The van der Waals surface area contributed by atoms with Gasteiger partial charge in [0.05, 0.1) is 18.8 Å². The Labute approximate surface area is 142 Å². The SMILES string of the molecule is COC(=O)c1ccc(C=CCC[C@@H](N)C(O)c2ccccc2)cc1. The van der Waals surface area contributed by atoms with Gasteiger partial charge in [-0.15, -0.1) is 0 Å². The van der Waals surface area contributed by atoms with Crippen molar-refractivity contribution < 1.29 is 14.6 Å². The van der Waals surface area contributed by atoms with E-state index >= 15 is 0 Å². The van der Waals surface area contributed by atoms with Crippen molar-refractivity contribution >= 4 is 12.0 Å². The van der Waals surface area contributed by atoms with Crippen LogP contribution in [0.15, 0.2) is 60.7 Å². The van der Waals surface area contributed by atoms with Crippen molar-refractivity contribution in [3.8, 4) is 0 Å². The third-order valence-electron chi connectivity index (χ3n) is 3.86. The molecule has 0 spiro atoms. The van der Waals surface area contributed by atoms with Crippen LogP contribution in [0.1, 0.15) is 40.4 Å². The van der Waals surface area contributed by atoms with Gasteiger partial charge in [0.15, 0.2) is 0 Å². The molecule has 0 saturated carbocycles. The summed E-state index contributed by atoms with van der Waals surface area (Å²) < 4.78 is 4.67. The summed E-state index contributed by atoms with van der Waals surface area (Å²) in [6, 6.07) is 16.3. The van der Waals surface area contributed by atoms with Crippen LogP contribution in [0.3, 0.4) is 0 Å². The van der Waals surface area contributed by atoms with E-state index in [1.165, 1.54) is 7.11 Å². The first-order valence-corrected chi connectivity index (χ1v) is 7.95. The molecule has 0 saturated heterocycles. The van der Waals surface area contributed by atoms with Crippen LogP contribution in [0, 0.1) is 0 Å². The molecule has 0 bridgehead atoms. The number of hydrogen-bond donors (Lipinski definition) is 2. The number of benzene rings is 2. The third-order valence-corrected chi connectivity index (χ3v) is 3.86. The normalized spacial score (nSPS) is 13.6. The minimum atomic E-state index is -0.654. The molecule has 4 nitrogen and oxygen atoms in total. The largest absolute Gasteiger partial charge is 0.465 e. The van der Waals surface area contributed by atoms with E-state index in [9.17, 15) is 9.90 Å². The predicted molar refractivity (Wildman–Crippen MR) is 95.4 cm³/mol. The Bertz CT molecular complexity index is 665. The summed E-state index contributed by atoms with van der Waals surface area (Å²) in [5, 5.41) is 10.2. The number of allylic oxidation sites excluding steroid dienone is 1. The topological polar surface area (TPSA) is 72.5 Å². The summed E-state index contributed by atoms with van der Waals surface area (Å²) in [6.07, 6.45) is 4.79. The van der Waals surface area contributed by atoms with E-state index in [0.29, 0.717) is 12.0 Å². The lowest BCUT2D eigenvalue weighted by atomic mass is 9.99. The van der Waals surface area contributed by atoms with E-state index < -0.39 is 6.10 Å². The molecule has 2 rings (SSSR count). The molecule has 2 atom stereocenters. The smallest absolute Gasteiger partial charge is 0.337 e. The van der Waals surface area contributed by atoms with E-state index in [1.54, 1.807) is 12.1 Å². The van der Waals surface area contributed by atoms with Crippen molar-refractivity contribution in [3.63, 3.8) is 0 Å². The molecule has 4 heteroatoms. The Kier molecular flexibility index (Phi) is 6.73. The number of hydrogen-bond acceptors (Lipinski definition) is 4. The molecule has 0 radical (unpaired) electrons. The Hall–Kier alpha value is -2.43. The van der Waals surface area contributed by atoms with Crippen LogP contribution < -0.4 is 5.73 Å². The molecule has 126 valence electrons. The van der Waals surface area contributed by atoms with Gasteiger partial charge in [-0.05, 0) is 36.1 Å². The Morgan fingerprint density at radius 2 is 1.83 bits per heavy atom. The molecular formula is C20H23NO3. The fourth-order valence-electron chi connectivity index (χ4n) is 2.41. The standard InChI is InChI=1S/C20H23NO3/c1-24-20(23)17-13-11-15(12-14-17)7-5-6-10-18(21)19(22)16-8-3-2-4-9-16/h2-5,7-9,11-14,18-19,22H,6,10,21H2,1H3/t18-,19?/m1/s1. The van der Waals surface area contributed by atoms with Crippen LogP contribution in [0.25, 0.3) is 6.08 Å². The monoisotopic (exact) mass is 325 g/mol. The van der Waals surface area contributed by atoms with Crippen molar-refractivity contribution in [3.05, 3.63) is 77.4 Å². The molecule has 24 heavy (non-hydrogen) atoms. The molecule has 0 aliphatic heterocycles. The average Bonchev–Trinajstić information content (AvgIpc) is 2.65. The number of nitrogens with two attached hydrogens (primary N) is 1. The molecule has 0 aliphatic rings. The second kappa shape index (κ2) is 9.01. The van der Waals surface area contributed by atoms with Crippen LogP contribution in [0.4, 0.5) is 0 Å². The molecule has 2 aromatic rings. The third kappa shape index (κ3) is 5.05. The first-order valence-electron chi connectivity index (χ1n) is 7.95. The lowest BCUT2D eigenvalue weighted by molar-refractivity contribution is 0.0600. The summed E-state index contributed by atoms with van der Waals surface area (Å²) >= 11 is 0. The van der Waals surface area contributed by atoms with Gasteiger partial charge in [-0.3, -0.25) is 0 Å². The Morgan fingerprint density at radius 1 is 1.17 bits per heavy atom. The van der Waals surface area contributed by atoms with Gasteiger partial charge in [-0.25, -0.2) is 4.79 Å². The van der Waals surface area contributed by atoms with Crippen molar-refractivity contribution in [2.45, 2.75) is 25.0 Å². The zero-order valence-electron chi connectivity index (χ0n) is 13.8. The van der Waals surface area contributed by atoms with E-state index in [-0.39, 0.29) is 12.0 Å². The number of carbonyl (C=O) groups is 1. The van der Waals surface area contributed by atoms with Crippen molar-refractivity contribution in [1.29, 1.82) is 0 Å². The van der Waals surface area contributed by atoms with Crippen LogP contribution in [0.5, 0.6) is 0 Å². The molecule has 2 aromatic carbocycles.